The Morgan fingerprint density at radius 3 is 1.31 bits per heavy atom. The molecular weight excluding hydrogens is 224 g/mol. The highest BCUT2D eigenvalue weighted by Gasteiger charge is 2.63. The van der Waals surface area contributed by atoms with Crippen LogP contribution >= 0.6 is 0 Å². The fraction of sp³-hybridized carbons (Fsp3) is 0.125. The van der Waals surface area contributed by atoms with E-state index >= 15 is 0 Å². The van der Waals surface area contributed by atoms with Crippen LogP contribution in [0.5, 0.6) is 0 Å². The maximum absolute atomic E-state index is 10.8. The van der Waals surface area contributed by atoms with Gasteiger partial charge in [-0.05, 0) is 0 Å². The molecule has 0 radical (unpaired) electrons. The first kappa shape index (κ1) is 11.5. The zero-order chi connectivity index (χ0) is 12.7. The van der Waals surface area contributed by atoms with E-state index in [1.807, 2.05) is 0 Å². The molecule has 0 aromatic heterocycles. The fourth-order valence-corrected chi connectivity index (χ4v) is 1.32. The first-order valence-corrected chi connectivity index (χ1v) is 3.71. The van der Waals surface area contributed by atoms with Crippen molar-refractivity contribution < 1.29 is 39.6 Å². The molecule has 0 amide bonds. The molecule has 0 unspecified atom stereocenters. The summed E-state index contributed by atoms with van der Waals surface area (Å²) in [6, 6.07) is 0. The van der Waals surface area contributed by atoms with Gasteiger partial charge in [-0.25, -0.2) is 9.59 Å². The van der Waals surface area contributed by atoms with E-state index in [0.717, 1.165) is 0 Å². The molecule has 8 nitrogen and oxygen atoms in total. The lowest BCUT2D eigenvalue weighted by Gasteiger charge is -2.29. The van der Waals surface area contributed by atoms with Gasteiger partial charge >= 0.3 is 23.9 Å². The van der Waals surface area contributed by atoms with Crippen LogP contribution in [-0.4, -0.2) is 44.3 Å². The van der Waals surface area contributed by atoms with Gasteiger partial charge in [0.25, 0.3) is 0 Å². The number of hydrogen-bond acceptors (Lipinski definition) is 4. The Kier molecular flexibility index (Phi) is 2.30. The van der Waals surface area contributed by atoms with Crippen LogP contribution in [0.15, 0.2) is 16.9 Å². The van der Waals surface area contributed by atoms with Crippen molar-refractivity contribution in [2.75, 3.05) is 0 Å². The van der Waals surface area contributed by atoms with E-state index in [9.17, 15) is 19.2 Å². The van der Waals surface area contributed by atoms with Crippen molar-refractivity contribution in [3.63, 3.8) is 0 Å². The molecule has 0 heterocycles. The SMILES string of the molecule is O=C(O)C1=C=C(C(=O)O)C1(C(=O)O)C(=O)O. The first-order valence-electron chi connectivity index (χ1n) is 3.71. The fourth-order valence-electron chi connectivity index (χ4n) is 1.32. The molecule has 1 aliphatic rings. The molecule has 0 saturated carbocycles. The van der Waals surface area contributed by atoms with Gasteiger partial charge in [-0.15, -0.1) is 0 Å². The number of carboxylic acids is 4. The van der Waals surface area contributed by atoms with Crippen molar-refractivity contribution in [3.05, 3.63) is 16.9 Å². The van der Waals surface area contributed by atoms with Gasteiger partial charge in [-0.2, -0.15) is 0 Å². The van der Waals surface area contributed by atoms with Crippen molar-refractivity contribution in [1.82, 2.24) is 0 Å². The van der Waals surface area contributed by atoms with E-state index in [4.69, 9.17) is 20.4 Å². The van der Waals surface area contributed by atoms with Gasteiger partial charge in [0, 0.05) is 0 Å². The smallest absolute Gasteiger partial charge is 0.341 e. The Labute approximate surface area is 86.7 Å². The van der Waals surface area contributed by atoms with E-state index in [0.29, 0.717) is 0 Å². The molecular formula is C8H4O8. The summed E-state index contributed by atoms with van der Waals surface area (Å²) in [6.45, 7) is 0. The minimum Gasteiger partial charge on any atom is -0.480 e. The molecule has 1 aliphatic carbocycles. The topological polar surface area (TPSA) is 149 Å². The van der Waals surface area contributed by atoms with Gasteiger partial charge in [0.1, 0.15) is 11.1 Å². The summed E-state index contributed by atoms with van der Waals surface area (Å²) in [6.07, 6.45) is 0. The molecule has 0 aromatic carbocycles. The highest BCUT2D eigenvalue weighted by molar-refractivity contribution is 6.21. The van der Waals surface area contributed by atoms with Crippen molar-refractivity contribution in [2.45, 2.75) is 0 Å². The van der Waals surface area contributed by atoms with Crippen molar-refractivity contribution in [3.8, 4) is 0 Å². The zero-order valence-corrected chi connectivity index (χ0v) is 7.42. The quantitative estimate of drug-likeness (QED) is 0.345. The van der Waals surface area contributed by atoms with E-state index in [2.05, 4.69) is 0 Å². The summed E-state index contributed by atoms with van der Waals surface area (Å²) in [5.74, 6) is -7.83. The van der Waals surface area contributed by atoms with Gasteiger partial charge in [-0.1, -0.05) is 5.73 Å². The molecule has 4 N–H and O–H groups in total. The van der Waals surface area contributed by atoms with Crippen LogP contribution in [-0.2, 0) is 19.2 Å². The lowest BCUT2D eigenvalue weighted by Crippen LogP contribution is -2.50. The highest BCUT2D eigenvalue weighted by Crippen LogP contribution is 2.42. The third-order valence-corrected chi connectivity index (χ3v) is 2.07. The van der Waals surface area contributed by atoms with Crippen LogP contribution in [0, 0.1) is 5.41 Å². The molecule has 8 heteroatoms. The molecule has 0 atom stereocenters. The van der Waals surface area contributed by atoms with E-state index < -0.39 is 40.4 Å². The first-order chi connectivity index (χ1) is 7.26. The lowest BCUT2D eigenvalue weighted by molar-refractivity contribution is -0.164. The molecule has 16 heavy (non-hydrogen) atoms. The minimum absolute atomic E-state index is 1.11. The van der Waals surface area contributed by atoms with Gasteiger partial charge in [0.2, 0.25) is 5.41 Å². The van der Waals surface area contributed by atoms with Crippen molar-refractivity contribution in [2.24, 2.45) is 5.41 Å². The summed E-state index contributed by atoms with van der Waals surface area (Å²) in [5, 5.41) is 34.5. The van der Waals surface area contributed by atoms with Crippen molar-refractivity contribution in [1.29, 1.82) is 0 Å². The summed E-state index contributed by atoms with van der Waals surface area (Å²) in [4.78, 5) is 42.7. The molecule has 0 fully saturated rings. The van der Waals surface area contributed by atoms with Gasteiger partial charge in [0.15, 0.2) is 0 Å². The second-order valence-electron chi connectivity index (χ2n) is 2.85. The summed E-state index contributed by atoms with van der Waals surface area (Å²) in [5.41, 5.74) is -3.55. The number of carbonyl (C=O) groups is 4. The number of carboxylic acid groups (broad SMARTS) is 4. The average Bonchev–Trinajstić information content (AvgIpc) is 1.97. The predicted molar refractivity (Wildman–Crippen MR) is 43.5 cm³/mol. The third kappa shape index (κ3) is 1.11. The van der Waals surface area contributed by atoms with Gasteiger partial charge in [0.05, 0.1) is 0 Å². The Bertz CT molecular complexity index is 448. The van der Waals surface area contributed by atoms with E-state index in [1.54, 1.807) is 5.73 Å². The van der Waals surface area contributed by atoms with E-state index in [-0.39, 0.29) is 0 Å². The Morgan fingerprint density at radius 1 is 0.812 bits per heavy atom. The molecule has 1 rings (SSSR count). The summed E-state index contributed by atoms with van der Waals surface area (Å²) in [7, 11) is 0. The second-order valence-corrected chi connectivity index (χ2v) is 2.85. The zero-order valence-electron chi connectivity index (χ0n) is 7.42. The van der Waals surface area contributed by atoms with Gasteiger partial charge < -0.3 is 20.4 Å². The monoisotopic (exact) mass is 228 g/mol. The average molecular weight is 228 g/mol. The lowest BCUT2D eigenvalue weighted by atomic mass is 9.67. The standard InChI is InChI=1S/C8H4O8/c9-4(10)2-1-3(5(11)12)8(2,6(13)14)7(15)16/h(H,9,10)(H,11,12)(H,13,14)(H,15,16). The minimum atomic E-state index is -3.04. The van der Waals surface area contributed by atoms with Crippen LogP contribution in [0.4, 0.5) is 0 Å². The normalized spacial score (nSPS) is 16.5. The van der Waals surface area contributed by atoms with Crippen molar-refractivity contribution >= 4 is 23.9 Å². The molecule has 84 valence electrons. The van der Waals surface area contributed by atoms with Crippen LogP contribution in [0.3, 0.4) is 0 Å². The Hall–Kier alpha value is -2.60. The van der Waals surface area contributed by atoms with Crippen LogP contribution in [0.1, 0.15) is 0 Å². The van der Waals surface area contributed by atoms with Gasteiger partial charge in [-0.3, -0.25) is 9.59 Å². The maximum Gasteiger partial charge on any atom is 0.341 e. The summed E-state index contributed by atoms with van der Waals surface area (Å²) < 4.78 is 0. The van der Waals surface area contributed by atoms with Crippen LogP contribution in [0.2, 0.25) is 0 Å². The molecule has 0 aliphatic heterocycles. The maximum atomic E-state index is 10.8. The molecule has 0 aromatic rings. The Balaban J connectivity index is 3.52. The number of aliphatic carboxylic acids is 4. The Morgan fingerprint density at radius 2 is 1.12 bits per heavy atom. The summed E-state index contributed by atoms with van der Waals surface area (Å²) >= 11 is 0. The predicted octanol–water partition coefficient (Wildman–Crippen LogP) is -1.22. The molecule has 0 saturated heterocycles. The van der Waals surface area contributed by atoms with Crippen LogP contribution < -0.4 is 0 Å². The molecule has 0 spiro atoms. The third-order valence-electron chi connectivity index (χ3n) is 2.07. The highest BCUT2D eigenvalue weighted by atomic mass is 16.4. The molecule has 0 bridgehead atoms. The number of rotatable bonds is 4. The van der Waals surface area contributed by atoms with E-state index in [1.165, 1.54) is 0 Å². The second kappa shape index (κ2) is 3.21. The van der Waals surface area contributed by atoms with Crippen LogP contribution in [0.25, 0.3) is 0 Å². The largest absolute Gasteiger partial charge is 0.480 e. The number of hydrogen-bond donors (Lipinski definition) is 4.